The van der Waals surface area contributed by atoms with Crippen molar-refractivity contribution in [3.8, 4) is 0 Å². The molecule has 1 rings (SSSR count). The number of ether oxygens (including phenoxy) is 2. The van der Waals surface area contributed by atoms with Crippen molar-refractivity contribution in [1.82, 2.24) is 5.32 Å². The van der Waals surface area contributed by atoms with Gasteiger partial charge in [-0.15, -0.1) is 0 Å². The van der Waals surface area contributed by atoms with Crippen LogP contribution in [-0.4, -0.2) is 26.9 Å². The molecule has 0 amide bonds. The summed E-state index contributed by atoms with van der Waals surface area (Å²) in [6, 6.07) is 8.42. The molecule has 0 aromatic heterocycles. The van der Waals surface area contributed by atoms with E-state index >= 15 is 0 Å². The van der Waals surface area contributed by atoms with Gasteiger partial charge in [0, 0.05) is 26.8 Å². The summed E-state index contributed by atoms with van der Waals surface area (Å²) < 4.78 is 10.4. The lowest BCUT2D eigenvalue weighted by Gasteiger charge is -2.06. The van der Waals surface area contributed by atoms with Crippen LogP contribution in [0.1, 0.15) is 18.1 Å². The fraction of sp³-hybridized carbons (Fsp3) is 0.538. The van der Waals surface area contributed by atoms with Crippen molar-refractivity contribution in [2.24, 2.45) is 0 Å². The standard InChI is InChI=1S/C13H21NO2/c1-3-16-8-7-14-10-12-5-4-6-13(9-12)11-15-2/h4-6,9,14H,3,7-8,10-11H2,1-2H3. The Balaban J connectivity index is 2.27. The molecule has 0 aliphatic rings. The molecule has 1 aromatic rings. The van der Waals surface area contributed by atoms with Gasteiger partial charge in [0.15, 0.2) is 0 Å². The molecule has 0 atom stereocenters. The van der Waals surface area contributed by atoms with Gasteiger partial charge < -0.3 is 14.8 Å². The van der Waals surface area contributed by atoms with Crippen LogP contribution in [0, 0.1) is 0 Å². The minimum Gasteiger partial charge on any atom is -0.380 e. The first-order chi connectivity index (χ1) is 7.86. The summed E-state index contributed by atoms with van der Waals surface area (Å²) in [5.41, 5.74) is 2.50. The maximum absolute atomic E-state index is 5.25. The predicted molar refractivity (Wildman–Crippen MR) is 65.4 cm³/mol. The molecule has 0 spiro atoms. The Hall–Kier alpha value is -0.900. The Morgan fingerprint density at radius 3 is 2.81 bits per heavy atom. The second-order valence-electron chi connectivity index (χ2n) is 3.63. The summed E-state index contributed by atoms with van der Waals surface area (Å²) in [7, 11) is 1.72. The molecule has 0 fully saturated rings. The van der Waals surface area contributed by atoms with Crippen molar-refractivity contribution < 1.29 is 9.47 Å². The van der Waals surface area contributed by atoms with Crippen molar-refractivity contribution in [2.75, 3.05) is 26.9 Å². The zero-order valence-electron chi connectivity index (χ0n) is 10.2. The molecule has 0 saturated carbocycles. The van der Waals surface area contributed by atoms with Crippen molar-refractivity contribution in [3.63, 3.8) is 0 Å². The lowest BCUT2D eigenvalue weighted by molar-refractivity contribution is 0.149. The quantitative estimate of drug-likeness (QED) is 0.683. The molecular formula is C13H21NO2. The van der Waals surface area contributed by atoms with E-state index in [1.54, 1.807) is 7.11 Å². The fourth-order valence-corrected chi connectivity index (χ4v) is 1.52. The van der Waals surface area contributed by atoms with Crippen LogP contribution in [0.4, 0.5) is 0 Å². The van der Waals surface area contributed by atoms with Crippen molar-refractivity contribution in [3.05, 3.63) is 35.4 Å². The highest BCUT2D eigenvalue weighted by molar-refractivity contribution is 5.22. The van der Waals surface area contributed by atoms with E-state index in [1.807, 2.05) is 6.92 Å². The highest BCUT2D eigenvalue weighted by Gasteiger charge is 1.95. The average Bonchev–Trinajstić information content (AvgIpc) is 2.30. The number of rotatable bonds is 8. The molecule has 90 valence electrons. The van der Waals surface area contributed by atoms with Gasteiger partial charge in [0.25, 0.3) is 0 Å². The Morgan fingerprint density at radius 1 is 1.25 bits per heavy atom. The summed E-state index contributed by atoms with van der Waals surface area (Å²) in [6.45, 7) is 6.01. The second kappa shape index (κ2) is 8.28. The lowest BCUT2D eigenvalue weighted by atomic mass is 10.1. The number of hydrogen-bond acceptors (Lipinski definition) is 3. The molecule has 16 heavy (non-hydrogen) atoms. The third-order valence-corrected chi connectivity index (χ3v) is 2.26. The minimum atomic E-state index is 0.673. The van der Waals surface area contributed by atoms with Crippen LogP contribution in [0.5, 0.6) is 0 Å². The molecular weight excluding hydrogens is 202 g/mol. The van der Waals surface area contributed by atoms with Crippen molar-refractivity contribution >= 4 is 0 Å². The van der Waals surface area contributed by atoms with Crippen LogP contribution in [0.15, 0.2) is 24.3 Å². The van der Waals surface area contributed by atoms with E-state index in [9.17, 15) is 0 Å². The smallest absolute Gasteiger partial charge is 0.0713 e. The highest BCUT2D eigenvalue weighted by Crippen LogP contribution is 2.05. The van der Waals surface area contributed by atoms with Crippen LogP contribution in [0.2, 0.25) is 0 Å². The van der Waals surface area contributed by atoms with Crippen LogP contribution < -0.4 is 5.32 Å². The zero-order valence-corrected chi connectivity index (χ0v) is 10.2. The molecule has 0 aliphatic carbocycles. The molecule has 0 saturated heterocycles. The average molecular weight is 223 g/mol. The monoisotopic (exact) mass is 223 g/mol. The summed E-state index contributed by atoms with van der Waals surface area (Å²) in [4.78, 5) is 0. The normalized spacial score (nSPS) is 10.6. The van der Waals surface area contributed by atoms with Gasteiger partial charge in [0.05, 0.1) is 13.2 Å². The zero-order chi connectivity index (χ0) is 11.6. The molecule has 3 nitrogen and oxygen atoms in total. The van der Waals surface area contributed by atoms with Crippen molar-refractivity contribution in [2.45, 2.75) is 20.1 Å². The first-order valence-electron chi connectivity index (χ1n) is 5.72. The Kier molecular flexibility index (Phi) is 6.81. The van der Waals surface area contributed by atoms with Gasteiger partial charge in [0.1, 0.15) is 0 Å². The molecule has 1 aromatic carbocycles. The minimum absolute atomic E-state index is 0.673. The summed E-state index contributed by atoms with van der Waals surface area (Å²) >= 11 is 0. The van der Waals surface area contributed by atoms with Crippen LogP contribution in [0.3, 0.4) is 0 Å². The molecule has 1 N–H and O–H groups in total. The van der Waals surface area contributed by atoms with E-state index < -0.39 is 0 Å². The lowest BCUT2D eigenvalue weighted by Crippen LogP contribution is -2.19. The van der Waals surface area contributed by atoms with Crippen LogP contribution in [-0.2, 0) is 22.6 Å². The summed E-state index contributed by atoms with van der Waals surface area (Å²) in [5.74, 6) is 0. The van der Waals surface area contributed by atoms with Crippen molar-refractivity contribution in [1.29, 1.82) is 0 Å². The van der Waals surface area contributed by atoms with E-state index in [0.717, 1.165) is 26.3 Å². The predicted octanol–water partition coefficient (Wildman–Crippen LogP) is 1.96. The Bertz CT molecular complexity index is 289. The summed E-state index contributed by atoms with van der Waals surface area (Å²) in [5, 5.41) is 3.34. The topological polar surface area (TPSA) is 30.5 Å². The van der Waals surface area contributed by atoms with Gasteiger partial charge in [-0.2, -0.15) is 0 Å². The maximum atomic E-state index is 5.25. The van der Waals surface area contributed by atoms with E-state index in [0.29, 0.717) is 6.61 Å². The molecule has 3 heteroatoms. The Labute approximate surface area is 97.8 Å². The first-order valence-corrected chi connectivity index (χ1v) is 5.72. The maximum Gasteiger partial charge on any atom is 0.0713 e. The number of hydrogen-bond donors (Lipinski definition) is 1. The molecule has 0 aliphatic heterocycles. The molecule has 0 unspecified atom stereocenters. The number of methoxy groups -OCH3 is 1. The van der Waals surface area contributed by atoms with Crippen LogP contribution >= 0.6 is 0 Å². The molecule has 0 radical (unpaired) electrons. The summed E-state index contributed by atoms with van der Waals surface area (Å²) in [6.07, 6.45) is 0. The van der Waals surface area contributed by atoms with E-state index in [2.05, 4.69) is 29.6 Å². The SMILES string of the molecule is CCOCCNCc1cccc(COC)c1. The van der Waals surface area contributed by atoms with E-state index in [4.69, 9.17) is 9.47 Å². The third-order valence-electron chi connectivity index (χ3n) is 2.26. The van der Waals surface area contributed by atoms with E-state index in [-0.39, 0.29) is 0 Å². The van der Waals surface area contributed by atoms with Gasteiger partial charge in [0.2, 0.25) is 0 Å². The van der Waals surface area contributed by atoms with E-state index in [1.165, 1.54) is 11.1 Å². The first kappa shape index (κ1) is 13.2. The van der Waals surface area contributed by atoms with Gasteiger partial charge in [-0.1, -0.05) is 24.3 Å². The highest BCUT2D eigenvalue weighted by atomic mass is 16.5. The number of benzene rings is 1. The molecule has 0 bridgehead atoms. The molecule has 0 heterocycles. The number of nitrogens with one attached hydrogen (secondary N) is 1. The van der Waals surface area contributed by atoms with Gasteiger partial charge in [-0.25, -0.2) is 0 Å². The third kappa shape index (κ3) is 5.26. The van der Waals surface area contributed by atoms with Crippen LogP contribution in [0.25, 0.3) is 0 Å². The fourth-order valence-electron chi connectivity index (χ4n) is 1.52. The van der Waals surface area contributed by atoms with Gasteiger partial charge >= 0.3 is 0 Å². The second-order valence-corrected chi connectivity index (χ2v) is 3.63. The van der Waals surface area contributed by atoms with Gasteiger partial charge in [-0.3, -0.25) is 0 Å². The largest absolute Gasteiger partial charge is 0.380 e. The van der Waals surface area contributed by atoms with Gasteiger partial charge in [-0.05, 0) is 18.1 Å². The Morgan fingerprint density at radius 2 is 2.06 bits per heavy atom.